The second-order valence-corrected chi connectivity index (χ2v) is 2.64. The average molecular weight is 175 g/mol. The van der Waals surface area contributed by atoms with Crippen LogP contribution in [-0.4, -0.2) is 21.7 Å². The summed E-state index contributed by atoms with van der Waals surface area (Å²) in [4.78, 5) is 25.9. The van der Waals surface area contributed by atoms with Crippen LogP contribution in [0.5, 0.6) is 0 Å². The van der Waals surface area contributed by atoms with Crippen molar-refractivity contribution in [1.29, 1.82) is 0 Å². The van der Waals surface area contributed by atoms with Crippen LogP contribution >= 0.6 is 0 Å². The number of ketones is 2. The van der Waals surface area contributed by atoms with E-state index in [2.05, 4.69) is 4.98 Å². The Hall–Kier alpha value is -1.97. The van der Waals surface area contributed by atoms with E-state index >= 15 is 0 Å². The highest BCUT2D eigenvalue weighted by molar-refractivity contribution is 6.50. The van der Waals surface area contributed by atoms with Gasteiger partial charge in [0.15, 0.2) is 0 Å². The molecule has 0 fully saturated rings. The molecule has 0 bridgehead atoms. The van der Waals surface area contributed by atoms with Gasteiger partial charge >= 0.3 is 0 Å². The molecular weight excluding hydrogens is 170 g/mol. The van der Waals surface area contributed by atoms with E-state index in [-0.39, 0.29) is 11.3 Å². The number of rotatable bonds is 0. The number of hydrogen-bond acceptors (Lipinski definition) is 4. The fraction of sp³-hybridized carbons (Fsp3) is 0. The molecule has 1 aromatic heterocycles. The number of hydrogen-bond donors (Lipinski definition) is 1. The molecule has 0 saturated heterocycles. The quantitative estimate of drug-likeness (QED) is 0.590. The Balaban J connectivity index is 2.72. The van der Waals surface area contributed by atoms with Crippen LogP contribution in [0.15, 0.2) is 24.5 Å². The number of aromatic nitrogens is 1. The molecule has 0 saturated carbocycles. The number of Topliss-reactive ketones (excluding diaryl/α,β-unsaturated/α-hetero) is 1. The molecule has 0 aliphatic heterocycles. The Kier molecular flexibility index (Phi) is 1.48. The third-order valence-electron chi connectivity index (χ3n) is 1.83. The summed E-state index contributed by atoms with van der Waals surface area (Å²) in [5.41, 5.74) is 0.520. The van der Waals surface area contributed by atoms with Crippen LogP contribution in [0.2, 0.25) is 0 Å². The highest BCUT2D eigenvalue weighted by Crippen LogP contribution is 2.21. The van der Waals surface area contributed by atoms with Crippen LogP contribution in [-0.2, 0) is 4.79 Å². The van der Waals surface area contributed by atoms with Gasteiger partial charge in [-0.25, -0.2) is 0 Å². The minimum absolute atomic E-state index is 0.160. The predicted molar refractivity (Wildman–Crippen MR) is 44.2 cm³/mol. The third kappa shape index (κ3) is 1.03. The summed E-state index contributed by atoms with van der Waals surface area (Å²) in [6, 6.07) is 1.49. The molecule has 0 radical (unpaired) electrons. The highest BCUT2D eigenvalue weighted by Gasteiger charge is 2.25. The van der Waals surface area contributed by atoms with E-state index in [1.54, 1.807) is 0 Å². The molecule has 0 aromatic carbocycles. The first kappa shape index (κ1) is 7.67. The number of fused-ring (bicyclic) bond motifs is 1. The molecule has 1 heterocycles. The van der Waals surface area contributed by atoms with Gasteiger partial charge < -0.3 is 5.11 Å². The standard InChI is InChI=1S/C9H5NO3/c11-7-3-8(12)9(13)6-4-10-2-1-5(6)7/h1-4,11H. The summed E-state index contributed by atoms with van der Waals surface area (Å²) >= 11 is 0. The second-order valence-electron chi connectivity index (χ2n) is 2.64. The number of aliphatic hydroxyl groups is 1. The van der Waals surface area contributed by atoms with Crippen molar-refractivity contribution in [1.82, 2.24) is 4.98 Å². The Morgan fingerprint density at radius 2 is 2.00 bits per heavy atom. The van der Waals surface area contributed by atoms with Gasteiger partial charge in [-0.3, -0.25) is 14.6 Å². The van der Waals surface area contributed by atoms with Gasteiger partial charge in [0.05, 0.1) is 5.56 Å². The van der Waals surface area contributed by atoms with Crippen LogP contribution in [0, 0.1) is 0 Å². The Labute approximate surface area is 73.5 Å². The van der Waals surface area contributed by atoms with Crippen LogP contribution in [0.4, 0.5) is 0 Å². The number of pyridine rings is 1. The molecule has 1 aromatic rings. The SMILES string of the molecule is O=C1C=C(O)c2ccncc2C1=O. The summed E-state index contributed by atoms with van der Waals surface area (Å²) in [6.07, 6.45) is 3.65. The van der Waals surface area contributed by atoms with Crippen molar-refractivity contribution in [3.63, 3.8) is 0 Å². The summed E-state index contributed by atoms with van der Waals surface area (Å²) < 4.78 is 0. The highest BCUT2D eigenvalue weighted by atomic mass is 16.3. The number of allylic oxidation sites excluding steroid dienone is 1. The van der Waals surface area contributed by atoms with E-state index in [1.165, 1.54) is 18.5 Å². The number of nitrogens with zero attached hydrogens (tertiary/aromatic N) is 1. The molecule has 2 rings (SSSR count). The number of aliphatic hydroxyl groups excluding tert-OH is 1. The monoisotopic (exact) mass is 175 g/mol. The molecule has 0 spiro atoms. The van der Waals surface area contributed by atoms with Crippen molar-refractivity contribution >= 4 is 17.3 Å². The second kappa shape index (κ2) is 2.52. The summed E-state index contributed by atoms with van der Waals surface area (Å²) in [7, 11) is 0. The average Bonchev–Trinajstić information content (AvgIpc) is 2.15. The van der Waals surface area contributed by atoms with Crippen molar-refractivity contribution in [2.24, 2.45) is 0 Å². The van der Waals surface area contributed by atoms with Gasteiger partial charge in [0.2, 0.25) is 11.6 Å². The zero-order chi connectivity index (χ0) is 9.42. The van der Waals surface area contributed by atoms with Crippen LogP contribution in [0.3, 0.4) is 0 Å². The van der Waals surface area contributed by atoms with E-state index in [4.69, 9.17) is 0 Å². The molecule has 13 heavy (non-hydrogen) atoms. The normalized spacial score (nSPS) is 15.2. The third-order valence-corrected chi connectivity index (χ3v) is 1.83. The number of carbonyl (C=O) groups is 2. The lowest BCUT2D eigenvalue weighted by molar-refractivity contribution is -0.111. The molecule has 1 aliphatic rings. The first-order valence-corrected chi connectivity index (χ1v) is 3.64. The number of carbonyl (C=O) groups excluding carboxylic acids is 2. The van der Waals surface area contributed by atoms with Gasteiger partial charge in [0.1, 0.15) is 5.76 Å². The van der Waals surface area contributed by atoms with Gasteiger partial charge in [-0.1, -0.05) is 0 Å². The van der Waals surface area contributed by atoms with Gasteiger partial charge in [0, 0.05) is 24.0 Å². The maximum atomic E-state index is 11.2. The van der Waals surface area contributed by atoms with Crippen LogP contribution in [0.25, 0.3) is 5.76 Å². The lowest BCUT2D eigenvalue weighted by atomic mass is 9.96. The maximum Gasteiger partial charge on any atom is 0.235 e. The van der Waals surface area contributed by atoms with Gasteiger partial charge in [-0.2, -0.15) is 0 Å². The Bertz CT molecular complexity index is 434. The van der Waals surface area contributed by atoms with E-state index in [0.29, 0.717) is 5.56 Å². The maximum absolute atomic E-state index is 11.2. The molecule has 0 unspecified atom stereocenters. The zero-order valence-corrected chi connectivity index (χ0v) is 6.52. The Morgan fingerprint density at radius 3 is 2.77 bits per heavy atom. The van der Waals surface area contributed by atoms with E-state index < -0.39 is 11.6 Å². The zero-order valence-electron chi connectivity index (χ0n) is 6.52. The molecule has 0 amide bonds. The largest absolute Gasteiger partial charge is 0.507 e. The van der Waals surface area contributed by atoms with Gasteiger partial charge in [0.25, 0.3) is 0 Å². The molecule has 1 N–H and O–H groups in total. The van der Waals surface area contributed by atoms with Gasteiger partial charge in [-0.05, 0) is 6.07 Å². The van der Waals surface area contributed by atoms with Crippen LogP contribution < -0.4 is 0 Å². The van der Waals surface area contributed by atoms with E-state index in [1.807, 2.05) is 0 Å². The summed E-state index contributed by atoms with van der Waals surface area (Å²) in [5, 5.41) is 9.31. The molecular formula is C9H5NO3. The topological polar surface area (TPSA) is 67.3 Å². The fourth-order valence-corrected chi connectivity index (χ4v) is 1.20. The summed E-state index contributed by atoms with van der Waals surface area (Å²) in [5.74, 6) is -1.51. The first-order valence-electron chi connectivity index (χ1n) is 3.64. The summed E-state index contributed by atoms with van der Waals surface area (Å²) in [6.45, 7) is 0. The predicted octanol–water partition coefficient (Wildman–Crippen LogP) is 0.746. The minimum Gasteiger partial charge on any atom is -0.507 e. The molecule has 1 aliphatic carbocycles. The molecule has 0 atom stereocenters. The van der Waals surface area contributed by atoms with Crippen molar-refractivity contribution in [2.45, 2.75) is 0 Å². The molecule has 4 nitrogen and oxygen atoms in total. The lowest BCUT2D eigenvalue weighted by Crippen LogP contribution is -2.18. The van der Waals surface area contributed by atoms with E-state index in [0.717, 1.165) is 6.08 Å². The van der Waals surface area contributed by atoms with Crippen molar-refractivity contribution < 1.29 is 14.7 Å². The van der Waals surface area contributed by atoms with Crippen molar-refractivity contribution in [3.8, 4) is 0 Å². The first-order chi connectivity index (χ1) is 6.20. The van der Waals surface area contributed by atoms with Gasteiger partial charge in [-0.15, -0.1) is 0 Å². The Morgan fingerprint density at radius 1 is 1.23 bits per heavy atom. The molecule has 64 valence electrons. The molecule has 4 heteroatoms. The van der Waals surface area contributed by atoms with Crippen LogP contribution in [0.1, 0.15) is 15.9 Å². The smallest absolute Gasteiger partial charge is 0.235 e. The van der Waals surface area contributed by atoms with E-state index in [9.17, 15) is 14.7 Å². The lowest BCUT2D eigenvalue weighted by Gasteiger charge is -2.09. The van der Waals surface area contributed by atoms with Crippen molar-refractivity contribution in [2.75, 3.05) is 0 Å². The van der Waals surface area contributed by atoms with Crippen molar-refractivity contribution in [3.05, 3.63) is 35.7 Å². The fourth-order valence-electron chi connectivity index (χ4n) is 1.20. The minimum atomic E-state index is -0.710.